The quantitative estimate of drug-likeness (QED) is 0.833. The number of carbonyl (C=O) groups is 1. The zero-order valence-electron chi connectivity index (χ0n) is 12.4. The van der Waals surface area contributed by atoms with Crippen molar-refractivity contribution >= 4 is 35.4 Å². The molecule has 0 saturated carbocycles. The number of methoxy groups -OCH3 is 1. The summed E-state index contributed by atoms with van der Waals surface area (Å²) in [4.78, 5) is 11.6. The molecule has 0 aliphatic carbocycles. The van der Waals surface area contributed by atoms with Crippen molar-refractivity contribution in [2.24, 2.45) is 0 Å². The van der Waals surface area contributed by atoms with Crippen molar-refractivity contribution in [1.82, 2.24) is 5.32 Å². The molecule has 23 heavy (non-hydrogen) atoms. The van der Waals surface area contributed by atoms with E-state index >= 15 is 0 Å². The van der Waals surface area contributed by atoms with E-state index in [4.69, 9.17) is 32.7 Å². The lowest BCUT2D eigenvalue weighted by Crippen LogP contribution is -2.18. The Balaban J connectivity index is 1.79. The van der Waals surface area contributed by atoms with E-state index in [-0.39, 0.29) is 6.61 Å². The van der Waals surface area contributed by atoms with Crippen LogP contribution < -0.4 is 10.1 Å². The summed E-state index contributed by atoms with van der Waals surface area (Å²) in [6.45, 7) is 0.177. The van der Waals surface area contributed by atoms with E-state index in [1.54, 1.807) is 43.5 Å². The van der Waals surface area contributed by atoms with Crippen LogP contribution in [0, 0.1) is 0 Å². The van der Waals surface area contributed by atoms with Crippen LogP contribution in [0.4, 0.5) is 4.79 Å². The number of benzene rings is 2. The minimum atomic E-state index is -0.544. The lowest BCUT2D eigenvalue weighted by atomic mass is 10.2. The first-order chi connectivity index (χ1) is 11.1. The molecule has 2 rings (SSSR count). The molecule has 0 radical (unpaired) electrons. The highest BCUT2D eigenvalue weighted by Crippen LogP contribution is 2.22. The van der Waals surface area contributed by atoms with Crippen molar-refractivity contribution in [3.63, 3.8) is 0 Å². The Morgan fingerprint density at radius 1 is 1.13 bits per heavy atom. The van der Waals surface area contributed by atoms with Gasteiger partial charge in [-0.15, -0.1) is 0 Å². The number of halogens is 2. The van der Waals surface area contributed by atoms with Crippen molar-refractivity contribution < 1.29 is 14.3 Å². The normalized spacial score (nSPS) is 10.6. The Bertz CT molecular complexity index is 699. The standard InChI is InChI=1S/C17H15Cl2NO3/c1-22-14-5-2-13(3-6-14)11-23-17(21)20-9-8-12-4-7-15(18)16(19)10-12/h2-10H,11H2,1H3,(H,20,21)/b9-8+. The van der Waals surface area contributed by atoms with Crippen LogP contribution in [-0.4, -0.2) is 13.2 Å². The maximum absolute atomic E-state index is 11.6. The van der Waals surface area contributed by atoms with Gasteiger partial charge in [0.15, 0.2) is 0 Å². The Labute approximate surface area is 144 Å². The van der Waals surface area contributed by atoms with E-state index < -0.39 is 6.09 Å². The van der Waals surface area contributed by atoms with E-state index in [2.05, 4.69) is 5.32 Å². The number of hydrogen-bond acceptors (Lipinski definition) is 3. The number of rotatable bonds is 5. The molecule has 0 heterocycles. The van der Waals surface area contributed by atoms with Gasteiger partial charge in [0.25, 0.3) is 0 Å². The number of nitrogens with one attached hydrogen (secondary N) is 1. The van der Waals surface area contributed by atoms with Crippen LogP contribution in [0.3, 0.4) is 0 Å². The highest BCUT2D eigenvalue weighted by Gasteiger charge is 2.01. The summed E-state index contributed by atoms with van der Waals surface area (Å²) < 4.78 is 10.2. The molecule has 0 atom stereocenters. The molecular formula is C17H15Cl2NO3. The lowest BCUT2D eigenvalue weighted by Gasteiger charge is -2.05. The van der Waals surface area contributed by atoms with Gasteiger partial charge in [-0.2, -0.15) is 0 Å². The molecule has 0 spiro atoms. The van der Waals surface area contributed by atoms with E-state index in [0.29, 0.717) is 10.0 Å². The number of hydrogen-bond donors (Lipinski definition) is 1. The zero-order valence-corrected chi connectivity index (χ0v) is 13.9. The van der Waals surface area contributed by atoms with Crippen molar-refractivity contribution in [3.8, 4) is 5.75 Å². The second-order valence-corrected chi connectivity index (χ2v) is 5.39. The van der Waals surface area contributed by atoms with Crippen LogP contribution in [0.15, 0.2) is 48.7 Å². The van der Waals surface area contributed by atoms with Crippen LogP contribution in [0.1, 0.15) is 11.1 Å². The van der Waals surface area contributed by atoms with E-state index in [0.717, 1.165) is 16.9 Å². The summed E-state index contributed by atoms with van der Waals surface area (Å²) >= 11 is 11.7. The average molecular weight is 352 g/mol. The summed E-state index contributed by atoms with van der Waals surface area (Å²) in [7, 11) is 1.60. The highest BCUT2D eigenvalue weighted by atomic mass is 35.5. The van der Waals surface area contributed by atoms with E-state index in [1.165, 1.54) is 6.20 Å². The Hall–Kier alpha value is -2.17. The van der Waals surface area contributed by atoms with Gasteiger partial charge in [-0.05, 0) is 41.5 Å². The second kappa shape index (κ2) is 8.46. The fraction of sp³-hybridized carbons (Fsp3) is 0.118. The SMILES string of the molecule is COc1ccc(COC(=O)N/C=C/c2ccc(Cl)c(Cl)c2)cc1. The smallest absolute Gasteiger partial charge is 0.411 e. The maximum atomic E-state index is 11.6. The summed E-state index contributed by atoms with van der Waals surface area (Å²) in [6, 6.07) is 12.4. The van der Waals surface area contributed by atoms with Crippen molar-refractivity contribution in [3.05, 3.63) is 69.8 Å². The molecule has 2 aromatic rings. The maximum Gasteiger partial charge on any atom is 0.411 e. The molecule has 0 aromatic heterocycles. The van der Waals surface area contributed by atoms with Gasteiger partial charge in [-0.25, -0.2) is 4.79 Å². The number of alkyl carbamates (subject to hydrolysis) is 1. The van der Waals surface area contributed by atoms with Gasteiger partial charge in [0.2, 0.25) is 0 Å². The predicted octanol–water partition coefficient (Wildman–Crippen LogP) is 4.90. The molecule has 1 N–H and O–H groups in total. The summed E-state index contributed by atoms with van der Waals surface area (Å²) in [5.41, 5.74) is 1.68. The minimum absolute atomic E-state index is 0.177. The fourth-order valence-electron chi connectivity index (χ4n) is 1.73. The molecule has 2 aromatic carbocycles. The molecule has 120 valence electrons. The van der Waals surface area contributed by atoms with Gasteiger partial charge in [0, 0.05) is 6.20 Å². The molecule has 0 unspecified atom stereocenters. The lowest BCUT2D eigenvalue weighted by molar-refractivity contribution is 0.143. The third kappa shape index (κ3) is 5.51. The molecule has 0 saturated heterocycles. The molecule has 4 nitrogen and oxygen atoms in total. The van der Waals surface area contributed by atoms with Crippen LogP contribution >= 0.6 is 23.2 Å². The first-order valence-corrected chi connectivity index (χ1v) is 7.52. The summed E-state index contributed by atoms with van der Waals surface area (Å²) in [5.74, 6) is 0.753. The molecule has 0 fully saturated rings. The zero-order chi connectivity index (χ0) is 16.7. The molecule has 0 aliphatic heterocycles. The average Bonchev–Trinajstić information content (AvgIpc) is 2.56. The topological polar surface area (TPSA) is 47.6 Å². The van der Waals surface area contributed by atoms with Gasteiger partial charge in [-0.1, -0.05) is 41.4 Å². The summed E-state index contributed by atoms with van der Waals surface area (Å²) in [6.07, 6.45) is 2.63. The van der Waals surface area contributed by atoms with Crippen LogP contribution in [-0.2, 0) is 11.3 Å². The minimum Gasteiger partial charge on any atom is -0.497 e. The van der Waals surface area contributed by atoms with Gasteiger partial charge >= 0.3 is 6.09 Å². The molecule has 6 heteroatoms. The fourth-order valence-corrected chi connectivity index (χ4v) is 2.04. The van der Waals surface area contributed by atoms with Gasteiger partial charge in [0.1, 0.15) is 12.4 Å². The Morgan fingerprint density at radius 3 is 2.52 bits per heavy atom. The predicted molar refractivity (Wildman–Crippen MR) is 91.8 cm³/mol. The molecule has 1 amide bonds. The van der Waals surface area contributed by atoms with Gasteiger partial charge < -0.3 is 9.47 Å². The third-order valence-electron chi connectivity index (χ3n) is 2.95. The number of ether oxygens (including phenoxy) is 2. The summed E-state index contributed by atoms with van der Waals surface area (Å²) in [5, 5.41) is 3.45. The van der Waals surface area contributed by atoms with E-state index in [1.807, 2.05) is 12.1 Å². The molecular weight excluding hydrogens is 337 g/mol. The first-order valence-electron chi connectivity index (χ1n) is 6.76. The van der Waals surface area contributed by atoms with Crippen molar-refractivity contribution in [2.75, 3.05) is 7.11 Å². The third-order valence-corrected chi connectivity index (χ3v) is 3.69. The van der Waals surface area contributed by atoms with Gasteiger partial charge in [0.05, 0.1) is 17.2 Å². The molecule has 0 bridgehead atoms. The second-order valence-electron chi connectivity index (χ2n) is 4.58. The number of amides is 1. The van der Waals surface area contributed by atoms with Crippen molar-refractivity contribution in [1.29, 1.82) is 0 Å². The van der Waals surface area contributed by atoms with E-state index in [9.17, 15) is 4.79 Å². The van der Waals surface area contributed by atoms with Gasteiger partial charge in [-0.3, -0.25) is 5.32 Å². The van der Waals surface area contributed by atoms with Crippen LogP contribution in [0.5, 0.6) is 5.75 Å². The van der Waals surface area contributed by atoms with Crippen LogP contribution in [0.25, 0.3) is 6.08 Å². The number of carbonyl (C=O) groups excluding carboxylic acids is 1. The van der Waals surface area contributed by atoms with Crippen LogP contribution in [0.2, 0.25) is 10.0 Å². The Morgan fingerprint density at radius 2 is 1.87 bits per heavy atom. The Kier molecular flexibility index (Phi) is 6.32. The first kappa shape index (κ1) is 17.2. The highest BCUT2D eigenvalue weighted by molar-refractivity contribution is 6.42. The monoisotopic (exact) mass is 351 g/mol. The largest absolute Gasteiger partial charge is 0.497 e. The molecule has 0 aliphatic rings. The van der Waals surface area contributed by atoms with Crippen molar-refractivity contribution in [2.45, 2.75) is 6.61 Å².